The number of nitrogens with zero attached hydrogens (tertiary/aromatic N) is 4. The first-order valence-corrected chi connectivity index (χ1v) is 19.2. The molecule has 6 heteroatoms. The molecular weight excluding hydrogens is 580 g/mol. The zero-order valence-corrected chi connectivity index (χ0v) is 28.8. The lowest BCUT2D eigenvalue weighted by molar-refractivity contribution is 0.0705. The quantitative estimate of drug-likeness (QED) is 0.0706. The van der Waals surface area contributed by atoms with Crippen LogP contribution in [0.2, 0.25) is 0 Å². The van der Waals surface area contributed by atoms with Gasteiger partial charge in [-0.2, -0.15) is 0 Å². The van der Waals surface area contributed by atoms with E-state index in [-0.39, 0.29) is 0 Å². The molecule has 1 aliphatic heterocycles. The number of likely N-dealkylation sites (tertiary alicyclic amines) is 1. The summed E-state index contributed by atoms with van der Waals surface area (Å²) in [4.78, 5) is 5.51. The minimum atomic E-state index is 0.592. The third kappa shape index (κ3) is 9.80. The van der Waals surface area contributed by atoms with E-state index in [1.54, 1.807) is 5.57 Å². The molecule has 0 amide bonds. The Balaban J connectivity index is 1.03. The van der Waals surface area contributed by atoms with Crippen LogP contribution < -0.4 is 9.47 Å². The molecule has 4 aliphatic carbocycles. The molecule has 1 saturated heterocycles. The van der Waals surface area contributed by atoms with Crippen molar-refractivity contribution in [2.75, 3.05) is 39.4 Å². The van der Waals surface area contributed by atoms with Crippen LogP contribution in [-0.4, -0.2) is 44.3 Å². The molecule has 254 valence electrons. The summed E-state index contributed by atoms with van der Waals surface area (Å²) in [5.41, 5.74) is 14.3. The number of benzene rings is 2. The van der Waals surface area contributed by atoms with Gasteiger partial charge in [-0.15, -0.1) is 0 Å². The van der Waals surface area contributed by atoms with Crippen LogP contribution in [-0.2, 0) is 0 Å². The summed E-state index contributed by atoms with van der Waals surface area (Å²) >= 11 is 0. The summed E-state index contributed by atoms with van der Waals surface area (Å²) in [7, 11) is 0. The standard InChI is InChI=1S/C41H58N4O2/c42-44-43-21-7-1-5-11-25-46-38-17-13-34(14-18-38)40(41-36-28-32-27-33(30-36)31-37(41)29-32)35-15-19-39(20-16-35)47-26-12-6-4-10-24-45-22-8-2-3-9-23-45/h13-20,32-33,36-37H,1-12,21-31H2/t32-,33+,36?,37?. The second-order valence-corrected chi connectivity index (χ2v) is 14.9. The molecule has 4 bridgehead atoms. The Morgan fingerprint density at radius 1 is 0.638 bits per heavy atom. The highest BCUT2D eigenvalue weighted by Crippen LogP contribution is 2.58. The van der Waals surface area contributed by atoms with Crippen molar-refractivity contribution in [2.45, 2.75) is 109 Å². The molecule has 0 aromatic heterocycles. The fourth-order valence-corrected chi connectivity index (χ4v) is 9.25. The number of hydrogen-bond acceptors (Lipinski definition) is 4. The van der Waals surface area contributed by atoms with Gasteiger partial charge in [0.05, 0.1) is 13.2 Å². The molecule has 7 rings (SSSR count). The van der Waals surface area contributed by atoms with Gasteiger partial charge >= 0.3 is 0 Å². The van der Waals surface area contributed by atoms with Crippen LogP contribution in [0.15, 0.2) is 59.2 Å². The fourth-order valence-electron chi connectivity index (χ4n) is 9.25. The van der Waals surface area contributed by atoms with Gasteiger partial charge in [-0.1, -0.05) is 73.5 Å². The Kier molecular flexibility index (Phi) is 13.0. The van der Waals surface area contributed by atoms with Crippen molar-refractivity contribution in [1.82, 2.24) is 4.90 Å². The van der Waals surface area contributed by atoms with E-state index in [2.05, 4.69) is 63.5 Å². The van der Waals surface area contributed by atoms with Gasteiger partial charge in [0.1, 0.15) is 11.5 Å². The third-order valence-electron chi connectivity index (χ3n) is 11.4. The van der Waals surface area contributed by atoms with Crippen molar-refractivity contribution < 1.29 is 9.47 Å². The molecule has 0 unspecified atom stereocenters. The van der Waals surface area contributed by atoms with Crippen molar-refractivity contribution in [1.29, 1.82) is 0 Å². The minimum Gasteiger partial charge on any atom is -0.494 e. The SMILES string of the molecule is [N-]=[N+]=NCCCCCCOc1ccc(C(=C2C3C[C@H]4CC2C[C@@H](C3)C4)c2ccc(OCCCCCCN3CCCCCC3)cc2)cc1. The van der Waals surface area contributed by atoms with Gasteiger partial charge in [-0.05, 0) is 160 Å². The van der Waals surface area contributed by atoms with Crippen LogP contribution >= 0.6 is 0 Å². The largest absolute Gasteiger partial charge is 0.494 e. The summed E-state index contributed by atoms with van der Waals surface area (Å²) < 4.78 is 12.3. The zero-order valence-electron chi connectivity index (χ0n) is 28.8. The van der Waals surface area contributed by atoms with Gasteiger partial charge in [-0.3, -0.25) is 0 Å². The van der Waals surface area contributed by atoms with E-state index in [0.29, 0.717) is 6.54 Å². The van der Waals surface area contributed by atoms with Crippen molar-refractivity contribution in [2.24, 2.45) is 28.8 Å². The highest BCUT2D eigenvalue weighted by molar-refractivity contribution is 5.83. The normalized spacial score (nSPS) is 23.7. The lowest BCUT2D eigenvalue weighted by Gasteiger charge is -2.52. The highest BCUT2D eigenvalue weighted by Gasteiger charge is 2.46. The van der Waals surface area contributed by atoms with E-state index < -0.39 is 0 Å². The predicted octanol–water partition coefficient (Wildman–Crippen LogP) is 11.0. The van der Waals surface area contributed by atoms with Gasteiger partial charge in [-0.25, -0.2) is 0 Å². The molecule has 0 radical (unpaired) electrons. The first kappa shape index (κ1) is 33.9. The van der Waals surface area contributed by atoms with Crippen LogP contribution in [0.1, 0.15) is 120 Å². The molecule has 4 saturated carbocycles. The molecule has 6 nitrogen and oxygen atoms in total. The minimum absolute atomic E-state index is 0.592. The van der Waals surface area contributed by atoms with Crippen molar-refractivity contribution in [3.63, 3.8) is 0 Å². The molecule has 5 fully saturated rings. The molecule has 2 aromatic rings. The summed E-state index contributed by atoms with van der Waals surface area (Å²) in [5.74, 6) is 5.32. The Labute approximate surface area is 283 Å². The molecule has 0 atom stereocenters. The van der Waals surface area contributed by atoms with Crippen molar-refractivity contribution >= 4 is 5.57 Å². The van der Waals surface area contributed by atoms with Gasteiger partial charge in [0.2, 0.25) is 0 Å². The predicted molar refractivity (Wildman–Crippen MR) is 193 cm³/mol. The molecule has 47 heavy (non-hydrogen) atoms. The van der Waals surface area contributed by atoms with E-state index in [0.717, 1.165) is 80.5 Å². The van der Waals surface area contributed by atoms with E-state index in [1.165, 1.54) is 113 Å². The van der Waals surface area contributed by atoms with E-state index in [4.69, 9.17) is 15.0 Å². The smallest absolute Gasteiger partial charge is 0.119 e. The summed E-state index contributed by atoms with van der Waals surface area (Å²) in [5, 5.41) is 3.62. The summed E-state index contributed by atoms with van der Waals surface area (Å²) in [6.45, 7) is 6.02. The number of ether oxygens (including phenoxy) is 2. The molecule has 0 spiro atoms. The van der Waals surface area contributed by atoms with Crippen molar-refractivity contribution in [3.05, 3.63) is 75.7 Å². The fraction of sp³-hybridized carbons (Fsp3) is 0.659. The van der Waals surface area contributed by atoms with Crippen LogP contribution in [0.3, 0.4) is 0 Å². The van der Waals surface area contributed by atoms with Gasteiger partial charge in [0.15, 0.2) is 0 Å². The first-order chi connectivity index (χ1) is 23.3. The van der Waals surface area contributed by atoms with Gasteiger partial charge in [0.25, 0.3) is 0 Å². The highest BCUT2D eigenvalue weighted by atomic mass is 16.5. The van der Waals surface area contributed by atoms with Crippen LogP contribution in [0.5, 0.6) is 11.5 Å². The monoisotopic (exact) mass is 638 g/mol. The second-order valence-electron chi connectivity index (χ2n) is 14.9. The molecule has 5 aliphatic rings. The molecule has 2 aromatic carbocycles. The average molecular weight is 639 g/mol. The van der Waals surface area contributed by atoms with Crippen LogP contribution in [0, 0.1) is 23.7 Å². The van der Waals surface area contributed by atoms with E-state index in [9.17, 15) is 0 Å². The number of unbranched alkanes of at least 4 members (excludes halogenated alkanes) is 6. The number of hydrogen-bond donors (Lipinski definition) is 0. The Bertz CT molecular complexity index is 1280. The summed E-state index contributed by atoms with van der Waals surface area (Å²) in [6.07, 6.45) is 21.8. The maximum atomic E-state index is 8.41. The molecule has 1 heterocycles. The van der Waals surface area contributed by atoms with Crippen LogP contribution in [0.25, 0.3) is 16.0 Å². The average Bonchev–Trinajstić information content (AvgIpc) is 3.37. The zero-order chi connectivity index (χ0) is 32.1. The van der Waals surface area contributed by atoms with Crippen LogP contribution in [0.4, 0.5) is 0 Å². The lowest BCUT2D eigenvalue weighted by Crippen LogP contribution is -2.40. The maximum absolute atomic E-state index is 8.41. The number of azide groups is 1. The third-order valence-corrected chi connectivity index (χ3v) is 11.4. The second kappa shape index (κ2) is 18.0. The Hall–Kier alpha value is -2.95. The van der Waals surface area contributed by atoms with Gasteiger partial charge in [0, 0.05) is 11.5 Å². The van der Waals surface area contributed by atoms with E-state index >= 15 is 0 Å². The number of rotatable bonds is 18. The first-order valence-electron chi connectivity index (χ1n) is 19.2. The Morgan fingerprint density at radius 2 is 1.15 bits per heavy atom. The lowest BCUT2D eigenvalue weighted by atomic mass is 9.53. The maximum Gasteiger partial charge on any atom is 0.119 e. The summed E-state index contributed by atoms with van der Waals surface area (Å²) in [6, 6.07) is 18.0. The molecule has 0 N–H and O–H groups in total. The van der Waals surface area contributed by atoms with E-state index in [1.807, 2.05) is 0 Å². The van der Waals surface area contributed by atoms with Crippen molar-refractivity contribution in [3.8, 4) is 11.5 Å². The van der Waals surface area contributed by atoms with Gasteiger partial charge < -0.3 is 14.4 Å². The molecular formula is C41H58N4O2. The Morgan fingerprint density at radius 3 is 1.68 bits per heavy atom. The number of allylic oxidation sites excluding steroid dienone is 1. The topological polar surface area (TPSA) is 70.5 Å².